The molecule has 0 amide bonds. The average Bonchev–Trinajstić information content (AvgIpc) is 2.15. The smallest absolute Gasteiger partial charge is 0.595 e. The minimum Gasteiger partial charge on any atom is -0.595 e. The predicted octanol–water partition coefficient (Wildman–Crippen LogP) is 1.39. The van der Waals surface area contributed by atoms with Crippen molar-refractivity contribution >= 4 is 53.8 Å². The van der Waals surface area contributed by atoms with Crippen LogP contribution in [0, 0.1) is 0 Å². The third-order valence-corrected chi connectivity index (χ3v) is 4.07. The van der Waals surface area contributed by atoms with Crippen molar-refractivity contribution in [2.24, 2.45) is 0 Å². The van der Waals surface area contributed by atoms with Crippen molar-refractivity contribution in [3.05, 3.63) is 0 Å². The summed E-state index contributed by atoms with van der Waals surface area (Å²) in [4.78, 5) is 19.9. The van der Waals surface area contributed by atoms with Crippen LogP contribution in [-0.2, 0) is 9.13 Å². The Morgan fingerprint density at radius 3 is 1.13 bits per heavy atom. The van der Waals surface area contributed by atoms with Crippen LogP contribution in [0.4, 0.5) is 0 Å². The Hall–Kier alpha value is 1.38. The van der Waals surface area contributed by atoms with Gasteiger partial charge >= 0.3 is 53.8 Å². The molecule has 0 rings (SSSR count). The van der Waals surface area contributed by atoms with Gasteiger partial charge in [0.15, 0.2) is 0 Å². The Morgan fingerprint density at radius 2 is 1.13 bits per heavy atom. The van der Waals surface area contributed by atoms with Crippen LogP contribution in [0.15, 0.2) is 0 Å². The molecule has 0 bridgehead atoms. The van der Waals surface area contributed by atoms with Crippen LogP contribution < -0.4 is 9.79 Å². The third-order valence-electron chi connectivity index (χ3n) is 1.90. The van der Waals surface area contributed by atoms with Crippen molar-refractivity contribution in [3.63, 3.8) is 0 Å². The van der Waals surface area contributed by atoms with Crippen molar-refractivity contribution in [3.8, 4) is 0 Å². The molecule has 0 radical (unpaired) electrons. The summed E-state index contributed by atoms with van der Waals surface area (Å²) in [7, 11) is -4.32. The molecule has 4 unspecified atom stereocenters. The van der Waals surface area contributed by atoms with Crippen LogP contribution in [0.2, 0.25) is 0 Å². The van der Waals surface area contributed by atoms with Crippen LogP contribution in [0.25, 0.3) is 0 Å². The molecule has 4 atom stereocenters. The Bertz CT molecular complexity index is 169. The van der Waals surface area contributed by atoms with E-state index in [1.807, 2.05) is 13.8 Å². The van der Waals surface area contributed by atoms with Crippen LogP contribution >= 0.6 is 16.1 Å². The van der Waals surface area contributed by atoms with Gasteiger partial charge in [-0.15, -0.1) is 0 Å². The Balaban J connectivity index is -0.000000180. The molecule has 0 aromatic rings. The molecule has 0 saturated heterocycles. The first-order chi connectivity index (χ1) is 6.36. The second-order valence-electron chi connectivity index (χ2n) is 3.09. The summed E-state index contributed by atoms with van der Waals surface area (Å²) < 4.78 is 19.9. The van der Waals surface area contributed by atoms with Gasteiger partial charge in [-0.2, -0.15) is 0 Å². The van der Waals surface area contributed by atoms with Gasteiger partial charge in [0.05, 0.1) is 0 Å². The van der Waals surface area contributed by atoms with Gasteiger partial charge in [0.1, 0.15) is 11.3 Å². The Labute approximate surface area is 124 Å². The second-order valence-corrected chi connectivity index (χ2v) is 5.99. The zero-order valence-corrected chi connectivity index (χ0v) is 13.8. The molecule has 0 aliphatic carbocycles. The molecule has 0 N–H and O–H groups in total. The molecule has 0 saturated carbocycles. The quantitative estimate of drug-likeness (QED) is 0.575. The first-order valence-electron chi connectivity index (χ1n) is 4.63. The van der Waals surface area contributed by atoms with E-state index in [-0.39, 0.29) is 49.1 Å². The van der Waals surface area contributed by atoms with Crippen molar-refractivity contribution < 1.29 is 18.9 Å². The molecule has 0 aliphatic rings. The predicted molar refractivity (Wildman–Crippen MR) is 60.5 cm³/mol. The van der Waals surface area contributed by atoms with E-state index in [9.17, 15) is 18.9 Å². The molecular formula is C8H18CaO4P2+2. The monoisotopic (exact) mass is 280 g/mol. The summed E-state index contributed by atoms with van der Waals surface area (Å²) >= 11 is 0. The van der Waals surface area contributed by atoms with E-state index in [0.717, 1.165) is 12.8 Å². The Kier molecular flexibility index (Phi) is 19.4. The summed E-state index contributed by atoms with van der Waals surface area (Å²) in [6.07, 6.45) is 1.44. The van der Waals surface area contributed by atoms with E-state index in [2.05, 4.69) is 0 Å². The van der Waals surface area contributed by atoms with E-state index < -0.39 is 16.1 Å². The van der Waals surface area contributed by atoms with Gasteiger partial charge in [-0.1, -0.05) is 23.0 Å². The van der Waals surface area contributed by atoms with Gasteiger partial charge in [0, 0.05) is 0 Å². The molecule has 84 valence electrons. The normalized spacial score (nSPS) is 15.1. The Morgan fingerprint density at radius 1 is 0.933 bits per heavy atom. The molecule has 0 fully saturated rings. The molecule has 15 heavy (non-hydrogen) atoms. The summed E-state index contributed by atoms with van der Waals surface area (Å²) in [6, 6.07) is 0. The van der Waals surface area contributed by atoms with Crippen LogP contribution in [0.1, 0.15) is 40.5 Å². The molecule has 0 heterocycles. The van der Waals surface area contributed by atoms with Gasteiger partial charge in [-0.05, 0) is 26.7 Å². The molecule has 4 nitrogen and oxygen atoms in total. The fraction of sp³-hybridized carbons (Fsp3) is 1.00. The fourth-order valence-corrected chi connectivity index (χ4v) is 0.894. The standard InChI is InChI=1S/2C4H9O2P.Ca/c2*1-3-4(2)7(5)6;/h2*4H,3H2,1-2H3;/q;;+2. The summed E-state index contributed by atoms with van der Waals surface area (Å²) in [5, 5.41) is 0. The van der Waals surface area contributed by atoms with Crippen molar-refractivity contribution in [2.45, 2.75) is 51.9 Å². The zero-order chi connectivity index (χ0) is 11.7. The van der Waals surface area contributed by atoms with E-state index in [0.29, 0.717) is 0 Å². The van der Waals surface area contributed by atoms with E-state index >= 15 is 0 Å². The van der Waals surface area contributed by atoms with Gasteiger partial charge < -0.3 is 9.79 Å². The third kappa shape index (κ3) is 15.4. The second kappa shape index (κ2) is 13.4. The van der Waals surface area contributed by atoms with Crippen molar-refractivity contribution in [2.75, 3.05) is 0 Å². The van der Waals surface area contributed by atoms with Crippen molar-refractivity contribution in [1.82, 2.24) is 0 Å². The number of hydrogen-bond acceptors (Lipinski definition) is 4. The van der Waals surface area contributed by atoms with Gasteiger partial charge in [0.2, 0.25) is 0 Å². The molecule has 0 aliphatic heterocycles. The summed E-state index contributed by atoms with van der Waals surface area (Å²) in [6.45, 7) is 7.11. The molecule has 7 heteroatoms. The largest absolute Gasteiger partial charge is 2.00 e. The topological polar surface area (TPSA) is 80.3 Å². The average molecular weight is 280 g/mol. The van der Waals surface area contributed by atoms with Crippen LogP contribution in [0.5, 0.6) is 0 Å². The maximum absolute atomic E-state index is 9.97. The first-order valence-corrected chi connectivity index (χ1v) is 7.13. The van der Waals surface area contributed by atoms with E-state index in [4.69, 9.17) is 0 Å². The minimum atomic E-state index is -2.16. The molecule has 0 aromatic heterocycles. The SMILES string of the molecule is CCC(C)[P+](=O)[O-].CCC(C)[P+](=O)[O-].[Ca+2]. The summed E-state index contributed by atoms with van der Waals surface area (Å²) in [5.41, 5.74) is -0.287. The van der Waals surface area contributed by atoms with Gasteiger partial charge in [-0.25, -0.2) is 0 Å². The van der Waals surface area contributed by atoms with Crippen molar-refractivity contribution in [1.29, 1.82) is 0 Å². The first kappa shape index (κ1) is 21.6. The zero-order valence-electron chi connectivity index (χ0n) is 9.80. The minimum absolute atomic E-state index is 0. The number of hydrogen-bond donors (Lipinski definition) is 0. The van der Waals surface area contributed by atoms with Crippen LogP contribution in [-0.4, -0.2) is 49.1 Å². The van der Waals surface area contributed by atoms with E-state index in [1.54, 1.807) is 13.8 Å². The van der Waals surface area contributed by atoms with Gasteiger partial charge in [0.25, 0.3) is 0 Å². The maximum atomic E-state index is 9.97. The van der Waals surface area contributed by atoms with Gasteiger partial charge in [-0.3, -0.25) is 0 Å². The maximum Gasteiger partial charge on any atom is 2.00 e. The van der Waals surface area contributed by atoms with E-state index in [1.165, 1.54) is 0 Å². The fourth-order valence-electron chi connectivity index (χ4n) is 0.298. The summed E-state index contributed by atoms with van der Waals surface area (Å²) in [5.74, 6) is 0. The molecular weight excluding hydrogens is 262 g/mol. The van der Waals surface area contributed by atoms with Crippen LogP contribution in [0.3, 0.4) is 0 Å². The molecule has 0 aromatic carbocycles. The molecule has 0 spiro atoms. The number of rotatable bonds is 4.